The second-order valence-electron chi connectivity index (χ2n) is 10.2. The molecule has 0 aliphatic heterocycles. The van der Waals surface area contributed by atoms with E-state index in [1.54, 1.807) is 53.3 Å². The Kier molecular flexibility index (Phi) is 6.96. The summed E-state index contributed by atoms with van der Waals surface area (Å²) in [6.45, 7) is 1.82. The van der Waals surface area contributed by atoms with E-state index in [1.165, 1.54) is 36.4 Å². The molecule has 1 amide bonds. The van der Waals surface area contributed by atoms with Crippen molar-refractivity contribution in [2.75, 3.05) is 0 Å². The first kappa shape index (κ1) is 26.8. The Morgan fingerprint density at radius 2 is 1.57 bits per heavy atom. The quantitative estimate of drug-likeness (QED) is 0.216. The topological polar surface area (TPSA) is 83.7 Å². The molecule has 1 atom stereocenters. The Bertz CT molecular complexity index is 1970. The third kappa shape index (κ3) is 5.34. The van der Waals surface area contributed by atoms with Crippen molar-refractivity contribution in [2.45, 2.75) is 19.4 Å². The lowest BCUT2D eigenvalue weighted by Gasteiger charge is -2.16. The van der Waals surface area contributed by atoms with Gasteiger partial charge in [-0.2, -0.15) is 5.10 Å². The van der Waals surface area contributed by atoms with Crippen molar-refractivity contribution in [2.24, 2.45) is 0 Å². The summed E-state index contributed by atoms with van der Waals surface area (Å²) in [4.78, 5) is 25.1. The third-order valence-corrected chi connectivity index (χ3v) is 7.38. The number of pyridine rings is 1. The van der Waals surface area contributed by atoms with Gasteiger partial charge >= 0.3 is 5.97 Å². The molecule has 0 bridgehead atoms. The number of aromatic carboxylic acids is 1. The van der Waals surface area contributed by atoms with E-state index >= 15 is 0 Å². The van der Waals surface area contributed by atoms with Gasteiger partial charge in [0.2, 0.25) is 0 Å². The van der Waals surface area contributed by atoms with Gasteiger partial charge in [0.15, 0.2) is 0 Å². The van der Waals surface area contributed by atoms with Crippen LogP contribution in [0.25, 0.3) is 27.4 Å². The van der Waals surface area contributed by atoms with E-state index in [1.807, 2.05) is 25.1 Å². The van der Waals surface area contributed by atoms with Crippen LogP contribution in [0.2, 0.25) is 0 Å². The SMILES string of the molecule is C[C@H](NC(=O)c1cc(-c2ccc(F)cc2)cn2ncc(Cc3ccc4ccc(F)cc4c3)c12)c1ccc(C(=O)O)cc1. The molecule has 0 spiro atoms. The number of hydrogen-bond acceptors (Lipinski definition) is 3. The number of benzene rings is 4. The summed E-state index contributed by atoms with van der Waals surface area (Å²) in [5.74, 6) is -2.05. The maximum Gasteiger partial charge on any atom is 0.335 e. The zero-order valence-electron chi connectivity index (χ0n) is 22.5. The summed E-state index contributed by atoms with van der Waals surface area (Å²) in [6, 6.07) is 24.2. The van der Waals surface area contributed by atoms with Gasteiger partial charge in [0, 0.05) is 23.7 Å². The van der Waals surface area contributed by atoms with Crippen molar-refractivity contribution in [1.29, 1.82) is 0 Å². The van der Waals surface area contributed by atoms with Crippen LogP contribution in [0.4, 0.5) is 8.78 Å². The smallest absolute Gasteiger partial charge is 0.335 e. The maximum absolute atomic E-state index is 13.9. The van der Waals surface area contributed by atoms with Crippen LogP contribution in [-0.4, -0.2) is 26.6 Å². The molecule has 0 radical (unpaired) electrons. The van der Waals surface area contributed by atoms with E-state index in [-0.39, 0.29) is 23.1 Å². The van der Waals surface area contributed by atoms with E-state index < -0.39 is 12.0 Å². The number of carbonyl (C=O) groups excluding carboxylic acids is 1. The number of carboxylic acid groups (broad SMARTS) is 1. The summed E-state index contributed by atoms with van der Waals surface area (Å²) < 4.78 is 29.2. The maximum atomic E-state index is 13.9. The molecule has 0 unspecified atom stereocenters. The number of halogens is 2. The molecule has 42 heavy (non-hydrogen) atoms. The summed E-state index contributed by atoms with van der Waals surface area (Å²) >= 11 is 0. The van der Waals surface area contributed by atoms with E-state index in [4.69, 9.17) is 0 Å². The van der Waals surface area contributed by atoms with Gasteiger partial charge in [-0.1, -0.05) is 48.5 Å². The van der Waals surface area contributed by atoms with Gasteiger partial charge in [-0.15, -0.1) is 0 Å². The molecule has 2 aromatic heterocycles. The molecule has 0 saturated heterocycles. The van der Waals surface area contributed by atoms with Crippen LogP contribution in [0.5, 0.6) is 0 Å². The number of carboxylic acids is 1. The lowest BCUT2D eigenvalue weighted by atomic mass is 9.98. The number of amides is 1. The number of nitrogens with one attached hydrogen (secondary N) is 1. The Hall–Kier alpha value is -5.37. The highest BCUT2D eigenvalue weighted by atomic mass is 19.1. The molecule has 8 heteroatoms. The van der Waals surface area contributed by atoms with E-state index in [0.29, 0.717) is 23.1 Å². The first-order valence-electron chi connectivity index (χ1n) is 13.3. The zero-order valence-corrected chi connectivity index (χ0v) is 22.5. The minimum absolute atomic E-state index is 0.159. The first-order valence-corrected chi connectivity index (χ1v) is 13.3. The minimum Gasteiger partial charge on any atom is -0.478 e. The van der Waals surface area contributed by atoms with E-state index in [0.717, 1.165) is 33.0 Å². The van der Waals surface area contributed by atoms with Crippen LogP contribution < -0.4 is 5.32 Å². The normalized spacial score (nSPS) is 12.0. The van der Waals surface area contributed by atoms with Crippen LogP contribution >= 0.6 is 0 Å². The lowest BCUT2D eigenvalue weighted by Crippen LogP contribution is -2.27. The molecule has 6 nitrogen and oxygen atoms in total. The van der Waals surface area contributed by atoms with Gasteiger partial charge in [-0.3, -0.25) is 4.79 Å². The number of carbonyl (C=O) groups is 2. The summed E-state index contributed by atoms with van der Waals surface area (Å²) in [7, 11) is 0. The fourth-order valence-corrected chi connectivity index (χ4v) is 5.16. The second kappa shape index (κ2) is 10.9. The van der Waals surface area contributed by atoms with Gasteiger partial charge in [0.05, 0.1) is 28.9 Å². The number of rotatable bonds is 7. The lowest BCUT2D eigenvalue weighted by molar-refractivity contribution is 0.0696. The monoisotopic (exact) mass is 561 g/mol. The minimum atomic E-state index is -1.02. The highest BCUT2D eigenvalue weighted by Gasteiger charge is 2.20. The van der Waals surface area contributed by atoms with Crippen molar-refractivity contribution >= 4 is 28.2 Å². The average molecular weight is 562 g/mol. The molecular weight excluding hydrogens is 536 g/mol. The number of fused-ring (bicyclic) bond motifs is 2. The standard InChI is InChI=1S/C34H25F2N3O3/c1-20(22-4-6-25(7-5-22)34(41)42)38-33(40)31-17-28(24-8-11-29(35)12-9-24)19-39-32(31)27(18-37-39)15-21-2-3-23-10-13-30(36)16-26(23)14-21/h2-14,16-20H,15H2,1H3,(H,38,40)(H,41,42)/t20-/m0/s1. The van der Waals surface area contributed by atoms with Crippen LogP contribution in [0.3, 0.4) is 0 Å². The molecule has 0 saturated carbocycles. The molecule has 0 aliphatic carbocycles. The van der Waals surface area contributed by atoms with Crippen LogP contribution in [0.1, 0.15) is 50.4 Å². The Labute approximate surface area is 239 Å². The van der Waals surface area contributed by atoms with Gasteiger partial charge in [0.1, 0.15) is 11.6 Å². The fourth-order valence-electron chi connectivity index (χ4n) is 5.16. The summed E-state index contributed by atoms with van der Waals surface area (Å²) in [5.41, 5.74) is 5.04. The first-order chi connectivity index (χ1) is 20.2. The third-order valence-electron chi connectivity index (χ3n) is 7.38. The van der Waals surface area contributed by atoms with Crippen LogP contribution in [0.15, 0.2) is 103 Å². The van der Waals surface area contributed by atoms with Crippen molar-refractivity contribution < 1.29 is 23.5 Å². The second-order valence-corrected chi connectivity index (χ2v) is 10.2. The zero-order chi connectivity index (χ0) is 29.4. The molecule has 6 rings (SSSR count). The van der Waals surface area contributed by atoms with Gasteiger partial charge < -0.3 is 10.4 Å². The van der Waals surface area contributed by atoms with Gasteiger partial charge in [-0.25, -0.2) is 18.1 Å². The molecule has 0 aliphatic rings. The fraction of sp³-hybridized carbons (Fsp3) is 0.0882. The molecule has 6 aromatic rings. The molecule has 2 N–H and O–H groups in total. The molecule has 0 fully saturated rings. The van der Waals surface area contributed by atoms with Crippen LogP contribution in [0, 0.1) is 11.6 Å². The van der Waals surface area contributed by atoms with Gasteiger partial charge in [0.25, 0.3) is 5.91 Å². The van der Waals surface area contributed by atoms with Crippen molar-refractivity contribution in [3.05, 3.63) is 143 Å². The highest BCUT2D eigenvalue weighted by molar-refractivity contribution is 6.03. The molecular formula is C34H25F2N3O3. The highest BCUT2D eigenvalue weighted by Crippen LogP contribution is 2.28. The molecule has 208 valence electrons. The van der Waals surface area contributed by atoms with Gasteiger partial charge in [-0.05, 0) is 76.9 Å². The number of nitrogens with zero attached hydrogens (tertiary/aromatic N) is 2. The average Bonchev–Trinajstić information content (AvgIpc) is 3.39. The Morgan fingerprint density at radius 3 is 2.31 bits per heavy atom. The molecule has 4 aromatic carbocycles. The van der Waals surface area contributed by atoms with Crippen molar-refractivity contribution in [3.8, 4) is 11.1 Å². The van der Waals surface area contributed by atoms with E-state index in [2.05, 4.69) is 10.4 Å². The summed E-state index contributed by atoms with van der Waals surface area (Å²) in [6.07, 6.45) is 3.97. The predicted octanol–water partition coefficient (Wildman–Crippen LogP) is 7.21. The number of hydrogen-bond donors (Lipinski definition) is 2. The van der Waals surface area contributed by atoms with Crippen molar-refractivity contribution in [1.82, 2.24) is 14.9 Å². The van der Waals surface area contributed by atoms with Crippen LogP contribution in [-0.2, 0) is 6.42 Å². The summed E-state index contributed by atoms with van der Waals surface area (Å²) in [5, 5.41) is 18.5. The largest absolute Gasteiger partial charge is 0.478 e. The Morgan fingerprint density at radius 1 is 0.857 bits per heavy atom. The molecule has 2 heterocycles. The Balaban J connectivity index is 1.40. The predicted molar refractivity (Wildman–Crippen MR) is 157 cm³/mol. The van der Waals surface area contributed by atoms with E-state index in [9.17, 15) is 23.5 Å². The number of aromatic nitrogens is 2. The van der Waals surface area contributed by atoms with Crippen molar-refractivity contribution in [3.63, 3.8) is 0 Å².